The SMILES string of the molecule is CC(C)(C)OC(=O)Nc1ccc2c(c1)CCCC2Nc1ccc2ncc([N+](=O)[O-])n2n1. The molecule has 4 rings (SSSR count). The van der Waals surface area contributed by atoms with Crippen molar-refractivity contribution in [2.45, 2.75) is 51.7 Å². The largest absolute Gasteiger partial charge is 0.444 e. The first kappa shape index (κ1) is 20.6. The summed E-state index contributed by atoms with van der Waals surface area (Å²) in [4.78, 5) is 26.7. The molecule has 0 radical (unpaired) electrons. The summed E-state index contributed by atoms with van der Waals surface area (Å²) in [7, 11) is 0. The monoisotopic (exact) mass is 424 g/mol. The third kappa shape index (κ3) is 4.57. The van der Waals surface area contributed by atoms with Crippen LogP contribution in [-0.2, 0) is 11.2 Å². The highest BCUT2D eigenvalue weighted by atomic mass is 16.6. The van der Waals surface area contributed by atoms with Gasteiger partial charge in [0.05, 0.1) is 6.04 Å². The van der Waals surface area contributed by atoms with Crippen molar-refractivity contribution in [2.24, 2.45) is 0 Å². The van der Waals surface area contributed by atoms with Gasteiger partial charge in [-0.25, -0.2) is 9.78 Å². The van der Waals surface area contributed by atoms with Crippen molar-refractivity contribution < 1.29 is 14.5 Å². The Bertz CT molecular complexity index is 1150. The van der Waals surface area contributed by atoms with E-state index in [0.717, 1.165) is 30.4 Å². The predicted octanol–water partition coefficient (Wildman–Crippen LogP) is 4.47. The Morgan fingerprint density at radius 1 is 1.29 bits per heavy atom. The molecule has 1 amide bonds. The molecule has 2 aromatic heterocycles. The van der Waals surface area contributed by atoms with Gasteiger partial charge in [0.15, 0.2) is 5.82 Å². The molecule has 1 unspecified atom stereocenters. The van der Waals surface area contributed by atoms with Crippen molar-refractivity contribution in [1.82, 2.24) is 14.6 Å². The maximum absolute atomic E-state index is 12.1. The van der Waals surface area contributed by atoms with E-state index in [1.165, 1.54) is 10.7 Å². The molecule has 2 N–H and O–H groups in total. The second-order valence-corrected chi connectivity index (χ2v) is 8.49. The van der Waals surface area contributed by atoms with Crippen molar-refractivity contribution in [2.75, 3.05) is 10.6 Å². The lowest BCUT2D eigenvalue weighted by molar-refractivity contribution is -0.391. The number of benzene rings is 1. The number of carbonyl (C=O) groups is 1. The molecule has 1 aliphatic carbocycles. The maximum Gasteiger partial charge on any atom is 0.412 e. The van der Waals surface area contributed by atoms with Crippen LogP contribution in [0.25, 0.3) is 5.65 Å². The van der Waals surface area contributed by atoms with Gasteiger partial charge in [-0.15, -0.1) is 0 Å². The van der Waals surface area contributed by atoms with Gasteiger partial charge in [0, 0.05) is 11.8 Å². The lowest BCUT2D eigenvalue weighted by Crippen LogP contribution is -2.27. The Hall–Kier alpha value is -3.69. The molecule has 0 spiro atoms. The zero-order valence-electron chi connectivity index (χ0n) is 17.6. The van der Waals surface area contributed by atoms with E-state index in [0.29, 0.717) is 17.2 Å². The Morgan fingerprint density at radius 2 is 2.10 bits per heavy atom. The first-order chi connectivity index (χ1) is 14.7. The van der Waals surface area contributed by atoms with E-state index >= 15 is 0 Å². The normalized spacial score (nSPS) is 15.9. The van der Waals surface area contributed by atoms with Crippen molar-refractivity contribution in [3.05, 3.63) is 57.8 Å². The predicted molar refractivity (Wildman–Crippen MR) is 115 cm³/mol. The summed E-state index contributed by atoms with van der Waals surface area (Å²) >= 11 is 0. The summed E-state index contributed by atoms with van der Waals surface area (Å²) < 4.78 is 6.54. The number of imidazole rings is 1. The lowest BCUT2D eigenvalue weighted by Gasteiger charge is -2.27. The van der Waals surface area contributed by atoms with Crippen LogP contribution in [0, 0.1) is 10.1 Å². The summed E-state index contributed by atoms with van der Waals surface area (Å²) in [5.41, 5.74) is 2.78. The fourth-order valence-corrected chi connectivity index (χ4v) is 3.70. The van der Waals surface area contributed by atoms with E-state index in [1.54, 1.807) is 12.1 Å². The highest BCUT2D eigenvalue weighted by molar-refractivity contribution is 5.85. The van der Waals surface area contributed by atoms with Gasteiger partial charge in [0.25, 0.3) is 0 Å². The van der Waals surface area contributed by atoms with Crippen LogP contribution < -0.4 is 10.6 Å². The molecular weight excluding hydrogens is 400 g/mol. The molecular formula is C21H24N6O4. The van der Waals surface area contributed by atoms with Crippen LogP contribution in [0.15, 0.2) is 36.5 Å². The van der Waals surface area contributed by atoms with Gasteiger partial charge in [0.2, 0.25) is 5.65 Å². The number of amides is 1. The van der Waals surface area contributed by atoms with E-state index in [1.807, 2.05) is 39.0 Å². The van der Waals surface area contributed by atoms with Crippen LogP contribution in [0.2, 0.25) is 0 Å². The molecule has 1 atom stereocenters. The van der Waals surface area contributed by atoms with Crippen LogP contribution in [0.5, 0.6) is 0 Å². The molecule has 0 saturated carbocycles. The third-order valence-corrected chi connectivity index (χ3v) is 4.96. The minimum atomic E-state index is -0.564. The number of hydrogen-bond acceptors (Lipinski definition) is 7. The molecule has 3 aromatic rings. The molecule has 0 aliphatic heterocycles. The minimum absolute atomic E-state index is 0.00635. The first-order valence-electron chi connectivity index (χ1n) is 10.1. The number of aryl methyl sites for hydroxylation is 1. The highest BCUT2D eigenvalue weighted by Gasteiger charge is 2.23. The molecule has 31 heavy (non-hydrogen) atoms. The number of carbonyl (C=O) groups excluding carboxylic acids is 1. The summed E-state index contributed by atoms with van der Waals surface area (Å²) in [6.45, 7) is 5.46. The number of nitro groups is 1. The quantitative estimate of drug-likeness (QED) is 0.467. The van der Waals surface area contributed by atoms with Crippen molar-refractivity contribution in [1.29, 1.82) is 0 Å². The summed E-state index contributed by atoms with van der Waals surface area (Å²) in [5, 5.41) is 21.7. The number of ether oxygens (including phenoxy) is 1. The van der Waals surface area contributed by atoms with Crippen LogP contribution in [0.1, 0.15) is 50.8 Å². The first-order valence-corrected chi connectivity index (χ1v) is 10.1. The minimum Gasteiger partial charge on any atom is -0.444 e. The lowest BCUT2D eigenvalue weighted by atomic mass is 9.87. The average Bonchev–Trinajstić information content (AvgIpc) is 3.10. The zero-order valence-corrected chi connectivity index (χ0v) is 17.6. The number of nitrogens with one attached hydrogen (secondary N) is 2. The van der Waals surface area contributed by atoms with Crippen LogP contribution in [-0.4, -0.2) is 31.2 Å². The molecule has 1 aromatic carbocycles. The molecule has 2 heterocycles. The standard InChI is InChI=1S/C21H24N6O4/c1-21(2,3)31-20(28)23-14-7-8-15-13(11-14)5-4-6-16(15)24-17-9-10-18-22-12-19(27(29)30)26(18)25-17/h7-12,16H,4-6H2,1-3H3,(H,23,28)(H,24,25). The summed E-state index contributed by atoms with van der Waals surface area (Å²) in [5.74, 6) is 0.350. The molecule has 0 bridgehead atoms. The molecule has 0 saturated heterocycles. The Morgan fingerprint density at radius 3 is 2.84 bits per heavy atom. The van der Waals surface area contributed by atoms with Crippen molar-refractivity contribution in [3.63, 3.8) is 0 Å². The van der Waals surface area contributed by atoms with Crippen LogP contribution in [0.4, 0.5) is 22.1 Å². The Kier molecular flexibility index (Phi) is 5.22. The average molecular weight is 424 g/mol. The van der Waals surface area contributed by atoms with Crippen LogP contribution >= 0.6 is 0 Å². The van der Waals surface area contributed by atoms with E-state index < -0.39 is 16.6 Å². The van der Waals surface area contributed by atoms with E-state index in [-0.39, 0.29) is 11.9 Å². The second kappa shape index (κ2) is 7.86. The fraction of sp³-hybridized carbons (Fsp3) is 0.381. The fourth-order valence-electron chi connectivity index (χ4n) is 3.70. The van der Waals surface area contributed by atoms with Gasteiger partial charge in [0.1, 0.15) is 11.8 Å². The molecule has 162 valence electrons. The molecule has 10 nitrogen and oxygen atoms in total. The summed E-state index contributed by atoms with van der Waals surface area (Å²) in [6.07, 6.45) is 3.47. The van der Waals surface area contributed by atoms with E-state index in [2.05, 4.69) is 20.7 Å². The molecule has 10 heteroatoms. The van der Waals surface area contributed by atoms with Crippen molar-refractivity contribution in [3.8, 4) is 0 Å². The van der Waals surface area contributed by atoms with E-state index in [9.17, 15) is 14.9 Å². The van der Waals surface area contributed by atoms with E-state index in [4.69, 9.17) is 4.74 Å². The van der Waals surface area contributed by atoms with Gasteiger partial charge in [-0.2, -0.15) is 0 Å². The van der Waals surface area contributed by atoms with Crippen LogP contribution in [0.3, 0.4) is 0 Å². The second-order valence-electron chi connectivity index (χ2n) is 8.49. The number of fused-ring (bicyclic) bond motifs is 2. The van der Waals surface area contributed by atoms with Gasteiger partial charge >= 0.3 is 11.9 Å². The van der Waals surface area contributed by atoms with Gasteiger partial charge in [-0.05, 0) is 74.3 Å². The Labute approximate surface area is 178 Å². The number of nitrogens with zero attached hydrogens (tertiary/aromatic N) is 4. The van der Waals surface area contributed by atoms with Gasteiger partial charge in [-0.3, -0.25) is 5.32 Å². The number of anilines is 2. The number of rotatable bonds is 4. The van der Waals surface area contributed by atoms with Crippen molar-refractivity contribution >= 4 is 29.1 Å². The number of aromatic nitrogens is 3. The molecule has 1 aliphatic rings. The Balaban J connectivity index is 1.53. The maximum atomic E-state index is 12.1. The zero-order chi connectivity index (χ0) is 22.2. The third-order valence-electron chi connectivity index (χ3n) is 4.96. The topological polar surface area (TPSA) is 124 Å². The smallest absolute Gasteiger partial charge is 0.412 e. The van der Waals surface area contributed by atoms with Gasteiger partial charge in [-0.1, -0.05) is 15.7 Å². The number of hydrogen-bond donors (Lipinski definition) is 2. The summed E-state index contributed by atoms with van der Waals surface area (Å²) in [6, 6.07) is 9.26. The molecule has 0 fully saturated rings. The highest BCUT2D eigenvalue weighted by Crippen LogP contribution is 2.34. The van der Waals surface area contributed by atoms with Gasteiger partial charge < -0.3 is 20.2 Å².